The Morgan fingerprint density at radius 3 is 2.40 bits per heavy atom. The first-order chi connectivity index (χ1) is 12.1. The van der Waals surface area contributed by atoms with Crippen LogP contribution in [0.15, 0.2) is 52.9 Å². The van der Waals surface area contributed by atoms with Gasteiger partial charge in [0.15, 0.2) is 6.10 Å². The van der Waals surface area contributed by atoms with Crippen LogP contribution >= 0.6 is 0 Å². The molecular formula is C18H16N2O5. The highest BCUT2D eigenvalue weighted by molar-refractivity contribution is 5.89. The summed E-state index contributed by atoms with van der Waals surface area (Å²) in [4.78, 5) is 12.1. The summed E-state index contributed by atoms with van der Waals surface area (Å²) in [5.41, 5.74) is 1.05. The third kappa shape index (κ3) is 3.77. The Balaban J connectivity index is 1.70. The SMILES string of the molecule is COc1ccc(-c2nnc([C@H](C)OC(=O)c3ccc(O)cc3)o2)cc1. The van der Waals surface area contributed by atoms with E-state index in [2.05, 4.69) is 10.2 Å². The molecule has 128 valence electrons. The van der Waals surface area contributed by atoms with Gasteiger partial charge < -0.3 is 19.0 Å². The predicted octanol–water partition coefficient (Wildman–Crippen LogP) is 3.37. The molecule has 3 rings (SSSR count). The molecule has 0 fully saturated rings. The minimum absolute atomic E-state index is 0.0747. The van der Waals surface area contributed by atoms with E-state index in [1.54, 1.807) is 38.3 Å². The molecule has 0 saturated carbocycles. The van der Waals surface area contributed by atoms with Crippen LogP contribution in [0.2, 0.25) is 0 Å². The van der Waals surface area contributed by atoms with Crippen molar-refractivity contribution >= 4 is 5.97 Å². The van der Waals surface area contributed by atoms with Crippen molar-refractivity contribution in [1.82, 2.24) is 10.2 Å². The Hall–Kier alpha value is -3.35. The van der Waals surface area contributed by atoms with Crippen molar-refractivity contribution in [2.45, 2.75) is 13.0 Å². The second kappa shape index (κ2) is 7.04. The lowest BCUT2D eigenvalue weighted by Crippen LogP contribution is -2.09. The predicted molar refractivity (Wildman–Crippen MR) is 88.2 cm³/mol. The molecule has 0 aliphatic heterocycles. The second-order valence-corrected chi connectivity index (χ2v) is 5.27. The lowest BCUT2D eigenvalue weighted by atomic mass is 10.2. The molecule has 0 aliphatic carbocycles. The maximum absolute atomic E-state index is 12.1. The van der Waals surface area contributed by atoms with Crippen molar-refractivity contribution in [2.75, 3.05) is 7.11 Å². The van der Waals surface area contributed by atoms with Gasteiger partial charge in [-0.2, -0.15) is 0 Å². The fourth-order valence-electron chi connectivity index (χ4n) is 2.13. The summed E-state index contributed by atoms with van der Waals surface area (Å²) in [6.45, 7) is 1.64. The number of aromatic hydroxyl groups is 1. The van der Waals surface area contributed by atoms with Crippen molar-refractivity contribution in [3.8, 4) is 23.0 Å². The molecule has 0 unspecified atom stereocenters. The number of carbonyl (C=O) groups excluding carboxylic acids is 1. The largest absolute Gasteiger partial charge is 0.508 e. The van der Waals surface area contributed by atoms with Gasteiger partial charge in [-0.1, -0.05) is 0 Å². The summed E-state index contributed by atoms with van der Waals surface area (Å²) >= 11 is 0. The van der Waals surface area contributed by atoms with Gasteiger partial charge in [-0.15, -0.1) is 10.2 Å². The fraction of sp³-hybridized carbons (Fsp3) is 0.167. The summed E-state index contributed by atoms with van der Waals surface area (Å²) < 4.78 is 16.0. The molecule has 0 aliphatic rings. The number of aromatic nitrogens is 2. The average molecular weight is 340 g/mol. The monoisotopic (exact) mass is 340 g/mol. The molecule has 3 aromatic rings. The highest BCUT2D eigenvalue weighted by atomic mass is 16.6. The number of methoxy groups -OCH3 is 1. The third-order valence-corrected chi connectivity index (χ3v) is 3.51. The number of hydrogen-bond donors (Lipinski definition) is 1. The smallest absolute Gasteiger partial charge is 0.338 e. The number of nitrogens with zero attached hydrogens (tertiary/aromatic N) is 2. The van der Waals surface area contributed by atoms with Crippen LogP contribution in [0.4, 0.5) is 0 Å². The fourth-order valence-corrected chi connectivity index (χ4v) is 2.13. The molecule has 2 aromatic carbocycles. The van der Waals surface area contributed by atoms with Crippen LogP contribution < -0.4 is 4.74 Å². The van der Waals surface area contributed by atoms with E-state index in [1.807, 2.05) is 0 Å². The van der Waals surface area contributed by atoms with Crippen LogP contribution in [0.1, 0.15) is 29.3 Å². The number of carbonyl (C=O) groups is 1. The molecule has 0 spiro atoms. The quantitative estimate of drug-likeness (QED) is 0.711. The standard InChI is InChI=1S/C18H16N2O5/c1-11(24-18(22)13-3-7-14(21)8-4-13)16-19-20-17(25-16)12-5-9-15(23-2)10-6-12/h3-11,21H,1-2H3/t11-/m0/s1. The summed E-state index contributed by atoms with van der Waals surface area (Å²) in [5.74, 6) is 0.769. The number of phenolic OH excluding ortho intramolecular Hbond substituents is 1. The molecular weight excluding hydrogens is 324 g/mol. The van der Waals surface area contributed by atoms with E-state index < -0.39 is 12.1 Å². The van der Waals surface area contributed by atoms with Crippen LogP contribution in [0, 0.1) is 0 Å². The van der Waals surface area contributed by atoms with E-state index in [4.69, 9.17) is 13.9 Å². The Morgan fingerprint density at radius 2 is 1.76 bits per heavy atom. The number of benzene rings is 2. The van der Waals surface area contributed by atoms with Gasteiger partial charge in [0.2, 0.25) is 5.89 Å². The van der Waals surface area contributed by atoms with Crippen molar-refractivity contribution in [1.29, 1.82) is 0 Å². The molecule has 25 heavy (non-hydrogen) atoms. The molecule has 1 heterocycles. The lowest BCUT2D eigenvalue weighted by molar-refractivity contribution is 0.0280. The Morgan fingerprint density at radius 1 is 1.08 bits per heavy atom. The highest BCUT2D eigenvalue weighted by Crippen LogP contribution is 2.25. The molecule has 0 radical (unpaired) electrons. The summed E-state index contributed by atoms with van der Waals surface area (Å²) in [6.07, 6.45) is -0.708. The summed E-state index contributed by atoms with van der Waals surface area (Å²) in [5, 5.41) is 17.2. The number of phenols is 1. The van der Waals surface area contributed by atoms with Crippen molar-refractivity contribution in [3.63, 3.8) is 0 Å². The van der Waals surface area contributed by atoms with Gasteiger partial charge in [-0.25, -0.2) is 4.79 Å². The molecule has 1 atom stereocenters. The van der Waals surface area contributed by atoms with E-state index in [0.717, 1.165) is 11.3 Å². The average Bonchev–Trinajstić information content (AvgIpc) is 3.12. The Labute approximate surface area is 143 Å². The van der Waals surface area contributed by atoms with Crippen molar-refractivity contribution in [3.05, 3.63) is 60.0 Å². The zero-order valence-electron chi connectivity index (χ0n) is 13.7. The van der Waals surface area contributed by atoms with E-state index in [-0.39, 0.29) is 11.6 Å². The van der Waals surface area contributed by atoms with Gasteiger partial charge in [0.25, 0.3) is 5.89 Å². The van der Waals surface area contributed by atoms with E-state index in [1.165, 1.54) is 24.3 Å². The lowest BCUT2D eigenvalue weighted by Gasteiger charge is -2.09. The van der Waals surface area contributed by atoms with Crippen LogP contribution in [0.3, 0.4) is 0 Å². The van der Waals surface area contributed by atoms with E-state index in [0.29, 0.717) is 11.5 Å². The first-order valence-corrected chi connectivity index (χ1v) is 7.54. The summed E-state index contributed by atoms with van der Waals surface area (Å²) in [6, 6.07) is 12.9. The van der Waals surface area contributed by atoms with Gasteiger partial charge in [0.1, 0.15) is 11.5 Å². The zero-order valence-corrected chi connectivity index (χ0v) is 13.7. The van der Waals surface area contributed by atoms with Gasteiger partial charge in [-0.05, 0) is 55.5 Å². The number of hydrogen-bond acceptors (Lipinski definition) is 7. The van der Waals surface area contributed by atoms with Crippen molar-refractivity contribution < 1.29 is 23.8 Å². The number of ether oxygens (including phenoxy) is 2. The second-order valence-electron chi connectivity index (χ2n) is 5.27. The molecule has 0 amide bonds. The van der Waals surface area contributed by atoms with Gasteiger partial charge in [0.05, 0.1) is 12.7 Å². The molecule has 1 N–H and O–H groups in total. The van der Waals surface area contributed by atoms with Gasteiger partial charge >= 0.3 is 5.97 Å². The minimum Gasteiger partial charge on any atom is -0.508 e. The maximum Gasteiger partial charge on any atom is 0.338 e. The van der Waals surface area contributed by atoms with E-state index >= 15 is 0 Å². The first-order valence-electron chi connectivity index (χ1n) is 7.54. The van der Waals surface area contributed by atoms with Crippen LogP contribution in [-0.4, -0.2) is 28.4 Å². The van der Waals surface area contributed by atoms with Gasteiger partial charge in [-0.3, -0.25) is 0 Å². The Kier molecular flexibility index (Phi) is 4.65. The molecule has 0 saturated heterocycles. The summed E-state index contributed by atoms with van der Waals surface area (Å²) in [7, 11) is 1.59. The molecule has 7 heteroatoms. The number of esters is 1. The first kappa shape index (κ1) is 16.5. The van der Waals surface area contributed by atoms with Crippen LogP contribution in [-0.2, 0) is 4.74 Å². The third-order valence-electron chi connectivity index (χ3n) is 3.51. The topological polar surface area (TPSA) is 94.7 Å². The van der Waals surface area contributed by atoms with Gasteiger partial charge in [0, 0.05) is 5.56 Å². The zero-order chi connectivity index (χ0) is 17.8. The maximum atomic E-state index is 12.1. The number of rotatable bonds is 5. The minimum atomic E-state index is -0.708. The normalized spacial score (nSPS) is 11.8. The highest BCUT2D eigenvalue weighted by Gasteiger charge is 2.20. The van der Waals surface area contributed by atoms with Crippen LogP contribution in [0.5, 0.6) is 11.5 Å². The molecule has 0 bridgehead atoms. The van der Waals surface area contributed by atoms with Crippen LogP contribution in [0.25, 0.3) is 11.5 Å². The molecule has 7 nitrogen and oxygen atoms in total. The van der Waals surface area contributed by atoms with Crippen molar-refractivity contribution in [2.24, 2.45) is 0 Å². The van der Waals surface area contributed by atoms with E-state index in [9.17, 15) is 9.90 Å². The Bertz CT molecular complexity index is 856. The molecule has 1 aromatic heterocycles.